The summed E-state index contributed by atoms with van der Waals surface area (Å²) in [7, 11) is -4.20. The van der Waals surface area contributed by atoms with Gasteiger partial charge in [0.2, 0.25) is 0 Å². The second kappa shape index (κ2) is 7.79. The number of carbonyl (C=O) groups excluding carboxylic acids is 1. The van der Waals surface area contributed by atoms with E-state index in [1.807, 2.05) is 0 Å². The topological polar surface area (TPSA) is 104 Å². The Bertz CT molecular complexity index is 1250. The molecule has 8 heteroatoms. The molecule has 0 saturated carbocycles. The average Bonchev–Trinajstić information content (AvgIpc) is 3.27. The van der Waals surface area contributed by atoms with E-state index >= 15 is 0 Å². The Hall–Kier alpha value is -3.39. The average molecular weight is 424 g/mol. The van der Waals surface area contributed by atoms with Crippen molar-refractivity contribution in [3.63, 3.8) is 0 Å². The van der Waals surface area contributed by atoms with Crippen molar-refractivity contribution in [2.75, 3.05) is 17.8 Å². The zero-order valence-corrected chi connectivity index (χ0v) is 16.9. The van der Waals surface area contributed by atoms with Gasteiger partial charge in [-0.3, -0.25) is 9.52 Å². The normalized spacial score (nSPS) is 14.1. The molecule has 3 aromatic rings. The molecule has 1 aliphatic rings. The zero-order valence-electron chi connectivity index (χ0n) is 16.0. The summed E-state index contributed by atoms with van der Waals surface area (Å²) in [5.41, 5.74) is -0.116. The Morgan fingerprint density at radius 1 is 0.900 bits per heavy atom. The van der Waals surface area contributed by atoms with Gasteiger partial charge in [0, 0.05) is 13.1 Å². The van der Waals surface area contributed by atoms with Crippen molar-refractivity contribution in [3.8, 4) is 0 Å². The van der Waals surface area contributed by atoms with E-state index in [1.165, 1.54) is 24.3 Å². The standard InChI is InChI=1S/C22H20N2O5S/c25-21(24-13-5-6-14-24)17-9-3-4-10-19(17)30(28,29)23-18-12-11-15-7-1-2-8-16(15)20(18)22(26)27/h1-4,7-12,23H,5-6,13-14H2,(H,26,27). The van der Waals surface area contributed by atoms with E-state index in [-0.39, 0.29) is 27.6 Å². The molecule has 0 bridgehead atoms. The van der Waals surface area contributed by atoms with Gasteiger partial charge in [0.15, 0.2) is 0 Å². The number of carboxylic acids is 1. The molecule has 1 fully saturated rings. The van der Waals surface area contributed by atoms with Gasteiger partial charge in [-0.05, 0) is 41.8 Å². The molecule has 1 heterocycles. The Labute approximate surface area is 174 Å². The predicted molar refractivity (Wildman–Crippen MR) is 113 cm³/mol. The number of carboxylic acid groups (broad SMARTS) is 1. The van der Waals surface area contributed by atoms with E-state index in [2.05, 4.69) is 4.72 Å². The number of amides is 1. The van der Waals surface area contributed by atoms with Crippen LogP contribution in [0.2, 0.25) is 0 Å². The molecule has 0 spiro atoms. The van der Waals surface area contributed by atoms with E-state index in [1.54, 1.807) is 41.3 Å². The molecule has 1 aliphatic heterocycles. The van der Waals surface area contributed by atoms with Crippen molar-refractivity contribution >= 4 is 38.4 Å². The number of anilines is 1. The molecule has 0 atom stereocenters. The maximum atomic E-state index is 13.2. The number of carbonyl (C=O) groups is 2. The lowest BCUT2D eigenvalue weighted by atomic mass is 10.0. The van der Waals surface area contributed by atoms with Crippen LogP contribution in [0.3, 0.4) is 0 Å². The summed E-state index contributed by atoms with van der Waals surface area (Å²) in [6.07, 6.45) is 1.77. The Morgan fingerprint density at radius 2 is 1.57 bits per heavy atom. The van der Waals surface area contributed by atoms with Crippen LogP contribution in [0.1, 0.15) is 33.6 Å². The lowest BCUT2D eigenvalue weighted by Gasteiger charge is -2.18. The van der Waals surface area contributed by atoms with Gasteiger partial charge in [0.1, 0.15) is 4.90 Å². The molecule has 0 radical (unpaired) electrons. The van der Waals surface area contributed by atoms with Crippen molar-refractivity contribution in [2.45, 2.75) is 17.7 Å². The van der Waals surface area contributed by atoms with Gasteiger partial charge in [-0.25, -0.2) is 13.2 Å². The van der Waals surface area contributed by atoms with E-state index < -0.39 is 16.0 Å². The van der Waals surface area contributed by atoms with Crippen LogP contribution < -0.4 is 4.72 Å². The van der Waals surface area contributed by atoms with E-state index in [0.29, 0.717) is 23.9 Å². The summed E-state index contributed by atoms with van der Waals surface area (Å²) in [4.78, 5) is 26.2. The molecule has 1 amide bonds. The fourth-order valence-corrected chi connectivity index (χ4v) is 5.03. The minimum atomic E-state index is -4.20. The minimum Gasteiger partial charge on any atom is -0.478 e. The fraction of sp³-hybridized carbons (Fsp3) is 0.182. The molecule has 3 aromatic carbocycles. The van der Waals surface area contributed by atoms with Crippen LogP contribution in [-0.2, 0) is 10.0 Å². The van der Waals surface area contributed by atoms with Crippen LogP contribution in [0.15, 0.2) is 65.6 Å². The molecule has 4 rings (SSSR count). The maximum Gasteiger partial charge on any atom is 0.338 e. The smallest absolute Gasteiger partial charge is 0.338 e. The molecule has 0 aliphatic carbocycles. The Kier molecular flexibility index (Phi) is 5.17. The van der Waals surface area contributed by atoms with Crippen molar-refractivity contribution < 1.29 is 23.1 Å². The molecule has 1 saturated heterocycles. The first-order chi connectivity index (χ1) is 14.4. The molecule has 0 unspecified atom stereocenters. The molecule has 30 heavy (non-hydrogen) atoms. The molecule has 0 aromatic heterocycles. The Morgan fingerprint density at radius 3 is 2.30 bits per heavy atom. The highest BCUT2D eigenvalue weighted by atomic mass is 32.2. The summed E-state index contributed by atoms with van der Waals surface area (Å²) in [6.45, 7) is 1.18. The number of rotatable bonds is 5. The van der Waals surface area contributed by atoms with Crippen molar-refractivity contribution in [1.82, 2.24) is 4.90 Å². The quantitative estimate of drug-likeness (QED) is 0.652. The second-order valence-electron chi connectivity index (χ2n) is 7.12. The number of fused-ring (bicyclic) bond motifs is 1. The monoisotopic (exact) mass is 424 g/mol. The molecule has 154 valence electrons. The summed E-state index contributed by atoms with van der Waals surface area (Å²) in [5.74, 6) is -1.59. The summed E-state index contributed by atoms with van der Waals surface area (Å²) >= 11 is 0. The van der Waals surface area contributed by atoms with Crippen LogP contribution in [0, 0.1) is 0 Å². The van der Waals surface area contributed by atoms with Crippen LogP contribution in [0.4, 0.5) is 5.69 Å². The van der Waals surface area contributed by atoms with E-state index in [4.69, 9.17) is 0 Å². The van der Waals surface area contributed by atoms with Gasteiger partial charge in [-0.1, -0.05) is 42.5 Å². The van der Waals surface area contributed by atoms with Crippen molar-refractivity contribution in [2.24, 2.45) is 0 Å². The Balaban J connectivity index is 1.77. The molecule has 2 N–H and O–H groups in total. The highest BCUT2D eigenvalue weighted by Crippen LogP contribution is 2.29. The summed E-state index contributed by atoms with van der Waals surface area (Å²) < 4.78 is 28.7. The largest absolute Gasteiger partial charge is 0.478 e. The van der Waals surface area contributed by atoms with Gasteiger partial charge >= 0.3 is 5.97 Å². The van der Waals surface area contributed by atoms with Crippen LogP contribution in [0.25, 0.3) is 10.8 Å². The number of nitrogens with one attached hydrogen (secondary N) is 1. The van der Waals surface area contributed by atoms with Crippen molar-refractivity contribution in [1.29, 1.82) is 0 Å². The number of nitrogens with zero attached hydrogens (tertiary/aromatic N) is 1. The lowest BCUT2D eigenvalue weighted by Crippen LogP contribution is -2.29. The van der Waals surface area contributed by atoms with Crippen LogP contribution in [-0.4, -0.2) is 43.4 Å². The van der Waals surface area contributed by atoms with Crippen LogP contribution in [0.5, 0.6) is 0 Å². The van der Waals surface area contributed by atoms with Crippen LogP contribution >= 0.6 is 0 Å². The maximum absolute atomic E-state index is 13.2. The molecule has 7 nitrogen and oxygen atoms in total. The van der Waals surface area contributed by atoms with Gasteiger partial charge in [0.05, 0.1) is 16.8 Å². The molecular formula is C22H20N2O5S. The third-order valence-corrected chi connectivity index (χ3v) is 6.61. The number of hydrogen-bond donors (Lipinski definition) is 2. The van der Waals surface area contributed by atoms with E-state index in [9.17, 15) is 23.1 Å². The second-order valence-corrected chi connectivity index (χ2v) is 8.77. The fourth-order valence-electron chi connectivity index (χ4n) is 3.75. The number of benzene rings is 3. The number of hydrogen-bond acceptors (Lipinski definition) is 4. The highest BCUT2D eigenvalue weighted by Gasteiger charge is 2.28. The van der Waals surface area contributed by atoms with E-state index in [0.717, 1.165) is 12.8 Å². The molecular weight excluding hydrogens is 404 g/mol. The number of sulfonamides is 1. The predicted octanol–water partition coefficient (Wildman–Crippen LogP) is 3.57. The SMILES string of the molecule is O=C(O)c1c(NS(=O)(=O)c2ccccc2C(=O)N2CCCC2)ccc2ccccc12. The third kappa shape index (κ3) is 3.61. The summed E-state index contributed by atoms with van der Waals surface area (Å²) in [6, 6.07) is 15.9. The minimum absolute atomic E-state index is 0.0513. The van der Waals surface area contributed by atoms with Gasteiger partial charge in [-0.15, -0.1) is 0 Å². The number of likely N-dealkylation sites (tertiary alicyclic amines) is 1. The zero-order chi connectivity index (χ0) is 21.3. The van der Waals surface area contributed by atoms with Gasteiger partial charge in [0.25, 0.3) is 15.9 Å². The number of aromatic carboxylic acids is 1. The summed E-state index contributed by atoms with van der Waals surface area (Å²) in [5, 5.41) is 10.8. The van der Waals surface area contributed by atoms with Crippen molar-refractivity contribution in [3.05, 3.63) is 71.8 Å². The van der Waals surface area contributed by atoms with Gasteiger partial charge in [-0.2, -0.15) is 0 Å². The first-order valence-corrected chi connectivity index (χ1v) is 11.0. The van der Waals surface area contributed by atoms with Gasteiger partial charge < -0.3 is 10.0 Å². The highest BCUT2D eigenvalue weighted by molar-refractivity contribution is 7.92. The lowest BCUT2D eigenvalue weighted by molar-refractivity contribution is 0.0699. The first-order valence-electron chi connectivity index (χ1n) is 9.54. The first kappa shape index (κ1) is 19.9. The third-order valence-electron chi connectivity index (χ3n) is 5.19.